The van der Waals surface area contributed by atoms with Gasteiger partial charge in [-0.15, -0.1) is 24.0 Å². The molecule has 0 saturated carbocycles. The van der Waals surface area contributed by atoms with Gasteiger partial charge in [0.15, 0.2) is 5.96 Å². The maximum atomic E-state index is 4.84. The fraction of sp³-hybridized carbons (Fsp3) is 0.565. The number of aromatic nitrogens is 2. The van der Waals surface area contributed by atoms with Gasteiger partial charge >= 0.3 is 0 Å². The molecule has 30 heavy (non-hydrogen) atoms. The van der Waals surface area contributed by atoms with Crippen LogP contribution in [0.5, 0.6) is 0 Å². The molecule has 0 bridgehead atoms. The largest absolute Gasteiger partial charge is 0.357 e. The maximum Gasteiger partial charge on any atom is 0.191 e. The van der Waals surface area contributed by atoms with Crippen LogP contribution in [0.3, 0.4) is 0 Å². The molecular weight excluding hydrogens is 487 g/mol. The highest BCUT2D eigenvalue weighted by molar-refractivity contribution is 14.0. The Morgan fingerprint density at radius 3 is 2.73 bits per heavy atom. The van der Waals surface area contributed by atoms with E-state index in [1.807, 2.05) is 22.9 Å². The predicted molar refractivity (Wildman–Crippen MR) is 136 cm³/mol. The second kappa shape index (κ2) is 12.9. The number of aryl methyl sites for hydroxylation is 2. The minimum Gasteiger partial charge on any atom is -0.357 e. The second-order valence-corrected chi connectivity index (χ2v) is 7.69. The Hall–Kier alpha value is -1.61. The first-order chi connectivity index (χ1) is 14.2. The highest BCUT2D eigenvalue weighted by Gasteiger charge is 2.22. The fourth-order valence-corrected chi connectivity index (χ4v) is 4.00. The molecule has 1 aromatic carbocycles. The average molecular weight is 524 g/mol. The molecule has 1 unspecified atom stereocenters. The molecule has 0 radical (unpaired) electrons. The summed E-state index contributed by atoms with van der Waals surface area (Å²) in [6, 6.07) is 10.9. The van der Waals surface area contributed by atoms with Gasteiger partial charge in [-0.1, -0.05) is 25.1 Å². The van der Waals surface area contributed by atoms with Crippen LogP contribution < -0.4 is 10.6 Å². The lowest BCUT2D eigenvalue weighted by atomic mass is 10.1. The standard InChI is InChI=1S/C23H36N6.HI/c1-4-24-23(26-17-22-14-10-16-28(22)5-2)25-15-9-11-20-18-29(27-19(20)3)21-12-7-6-8-13-21;/h6-8,12-13,18,22H,4-5,9-11,14-17H2,1-3H3,(H2,24,25,26);1H. The molecule has 2 aromatic rings. The molecule has 1 aromatic heterocycles. The molecule has 1 atom stereocenters. The molecule has 7 heteroatoms. The van der Waals surface area contributed by atoms with Gasteiger partial charge in [-0.25, -0.2) is 4.68 Å². The molecule has 166 valence electrons. The van der Waals surface area contributed by atoms with Crippen LogP contribution in [-0.4, -0.2) is 59.4 Å². The number of nitrogens with zero attached hydrogens (tertiary/aromatic N) is 4. The summed E-state index contributed by atoms with van der Waals surface area (Å²) in [6.07, 6.45) is 6.78. The Balaban J connectivity index is 0.00000320. The van der Waals surface area contributed by atoms with Gasteiger partial charge in [-0.2, -0.15) is 5.10 Å². The van der Waals surface area contributed by atoms with Crippen molar-refractivity contribution in [3.63, 3.8) is 0 Å². The van der Waals surface area contributed by atoms with E-state index in [1.165, 1.54) is 24.9 Å². The summed E-state index contributed by atoms with van der Waals surface area (Å²) in [5.74, 6) is 0.937. The quantitative estimate of drug-likeness (QED) is 0.227. The van der Waals surface area contributed by atoms with Crippen LogP contribution in [0.25, 0.3) is 5.69 Å². The zero-order chi connectivity index (χ0) is 20.5. The Bertz CT molecular complexity index is 773. The number of aliphatic imine (C=N–C) groups is 1. The third-order valence-electron chi connectivity index (χ3n) is 5.65. The van der Waals surface area contributed by atoms with Crippen molar-refractivity contribution in [1.29, 1.82) is 0 Å². The van der Waals surface area contributed by atoms with Gasteiger partial charge < -0.3 is 10.6 Å². The first-order valence-corrected chi connectivity index (χ1v) is 11.1. The van der Waals surface area contributed by atoms with Crippen molar-refractivity contribution in [1.82, 2.24) is 25.3 Å². The number of likely N-dealkylation sites (tertiary alicyclic amines) is 1. The lowest BCUT2D eigenvalue weighted by Crippen LogP contribution is -2.39. The van der Waals surface area contributed by atoms with Crippen LogP contribution in [0.15, 0.2) is 41.5 Å². The van der Waals surface area contributed by atoms with Gasteiger partial charge in [0, 0.05) is 25.3 Å². The van der Waals surface area contributed by atoms with Gasteiger partial charge in [-0.05, 0) is 70.3 Å². The number of benzene rings is 1. The third-order valence-corrected chi connectivity index (χ3v) is 5.65. The summed E-state index contributed by atoms with van der Waals surface area (Å²) in [6.45, 7) is 11.5. The van der Waals surface area contributed by atoms with E-state index in [1.54, 1.807) is 0 Å². The molecule has 2 heterocycles. The molecule has 0 aliphatic carbocycles. The Kier molecular flexibility index (Phi) is 10.6. The van der Waals surface area contributed by atoms with Crippen LogP contribution in [0.2, 0.25) is 0 Å². The number of guanidine groups is 1. The molecule has 6 nitrogen and oxygen atoms in total. The lowest BCUT2D eigenvalue weighted by molar-refractivity contribution is 0.273. The molecule has 0 spiro atoms. The van der Waals surface area contributed by atoms with Crippen molar-refractivity contribution in [3.05, 3.63) is 47.8 Å². The molecule has 2 N–H and O–H groups in total. The van der Waals surface area contributed by atoms with E-state index in [4.69, 9.17) is 4.99 Å². The number of halogens is 1. The third kappa shape index (κ3) is 6.97. The van der Waals surface area contributed by atoms with Crippen LogP contribution >= 0.6 is 24.0 Å². The molecule has 3 rings (SSSR count). The summed E-state index contributed by atoms with van der Waals surface area (Å²) in [7, 11) is 0. The number of nitrogens with one attached hydrogen (secondary N) is 2. The van der Waals surface area contributed by atoms with Gasteiger partial charge in [0.2, 0.25) is 0 Å². The van der Waals surface area contributed by atoms with E-state index < -0.39 is 0 Å². The SMILES string of the molecule is CCNC(=NCC1CCCN1CC)NCCCc1cn(-c2ccccc2)nc1C.I. The minimum atomic E-state index is 0. The summed E-state index contributed by atoms with van der Waals surface area (Å²) < 4.78 is 1.98. The molecule has 0 amide bonds. The highest BCUT2D eigenvalue weighted by Crippen LogP contribution is 2.16. The van der Waals surface area contributed by atoms with E-state index in [0.29, 0.717) is 6.04 Å². The molecule has 1 saturated heterocycles. The molecule has 1 aliphatic rings. The first-order valence-electron chi connectivity index (χ1n) is 11.1. The number of hydrogen-bond donors (Lipinski definition) is 2. The van der Waals surface area contributed by atoms with Crippen LogP contribution in [-0.2, 0) is 6.42 Å². The van der Waals surface area contributed by atoms with Crippen LogP contribution in [0.4, 0.5) is 0 Å². The van der Waals surface area contributed by atoms with E-state index in [-0.39, 0.29) is 24.0 Å². The minimum absolute atomic E-state index is 0. The van der Waals surface area contributed by atoms with Gasteiger partial charge in [0.05, 0.1) is 17.9 Å². The zero-order valence-corrected chi connectivity index (χ0v) is 20.9. The average Bonchev–Trinajstić information content (AvgIpc) is 3.36. The number of rotatable bonds is 9. The molecule has 1 aliphatic heterocycles. The Labute approximate surface area is 198 Å². The lowest BCUT2D eigenvalue weighted by Gasteiger charge is -2.21. The Morgan fingerprint density at radius 2 is 2.00 bits per heavy atom. The van der Waals surface area contributed by atoms with E-state index >= 15 is 0 Å². The van der Waals surface area contributed by atoms with E-state index in [9.17, 15) is 0 Å². The Morgan fingerprint density at radius 1 is 1.20 bits per heavy atom. The molecule has 1 fully saturated rings. The van der Waals surface area contributed by atoms with Crippen LogP contribution in [0.1, 0.15) is 44.4 Å². The number of likely N-dealkylation sites (N-methyl/N-ethyl adjacent to an activating group) is 1. The van der Waals surface area contributed by atoms with Crippen molar-refractivity contribution in [2.24, 2.45) is 4.99 Å². The summed E-state index contributed by atoms with van der Waals surface area (Å²) in [5.41, 5.74) is 3.52. The zero-order valence-electron chi connectivity index (χ0n) is 18.6. The fourth-order valence-electron chi connectivity index (χ4n) is 4.00. The van der Waals surface area contributed by atoms with Crippen molar-refractivity contribution in [3.8, 4) is 5.69 Å². The summed E-state index contributed by atoms with van der Waals surface area (Å²) in [5, 5.41) is 11.5. The normalized spacial score (nSPS) is 17.0. The van der Waals surface area contributed by atoms with E-state index in [2.05, 4.69) is 59.7 Å². The maximum absolute atomic E-state index is 4.84. The smallest absolute Gasteiger partial charge is 0.191 e. The highest BCUT2D eigenvalue weighted by atomic mass is 127. The molecular formula is C23H37IN6. The van der Waals surface area contributed by atoms with Crippen LogP contribution in [0, 0.1) is 6.92 Å². The van der Waals surface area contributed by atoms with Gasteiger partial charge in [0.25, 0.3) is 0 Å². The summed E-state index contributed by atoms with van der Waals surface area (Å²) >= 11 is 0. The van der Waals surface area contributed by atoms with Gasteiger partial charge in [0.1, 0.15) is 0 Å². The topological polar surface area (TPSA) is 57.5 Å². The van der Waals surface area contributed by atoms with Gasteiger partial charge in [-0.3, -0.25) is 9.89 Å². The second-order valence-electron chi connectivity index (χ2n) is 7.69. The number of para-hydroxylation sites is 1. The van der Waals surface area contributed by atoms with Crippen molar-refractivity contribution >= 4 is 29.9 Å². The summed E-state index contributed by atoms with van der Waals surface area (Å²) in [4.78, 5) is 7.38. The first kappa shape index (κ1) is 24.7. The van der Waals surface area contributed by atoms with E-state index in [0.717, 1.165) is 56.4 Å². The number of hydrogen-bond acceptors (Lipinski definition) is 3. The predicted octanol–water partition coefficient (Wildman–Crippen LogP) is 3.77. The monoisotopic (exact) mass is 524 g/mol. The van der Waals surface area contributed by atoms with Crippen molar-refractivity contribution in [2.75, 3.05) is 32.7 Å². The van der Waals surface area contributed by atoms with Crippen molar-refractivity contribution in [2.45, 2.75) is 52.5 Å². The van der Waals surface area contributed by atoms with Crippen molar-refractivity contribution < 1.29 is 0 Å².